The maximum Gasteiger partial charge on any atom is 0.0486 e. The number of nitrogens with zero attached hydrogens (tertiary/aromatic N) is 1. The minimum absolute atomic E-state index is 0.147. The molecule has 1 heterocycles. The summed E-state index contributed by atoms with van der Waals surface area (Å²) in [5, 5.41) is 4.72. The molecule has 1 aromatic heterocycles. The van der Waals surface area contributed by atoms with E-state index in [1.165, 1.54) is 27.6 Å². The summed E-state index contributed by atoms with van der Waals surface area (Å²) in [6.45, 7) is 9.97. The zero-order valence-electron chi connectivity index (χ0n) is 12.4. The van der Waals surface area contributed by atoms with Crippen molar-refractivity contribution < 1.29 is 0 Å². The number of aromatic nitrogens is 1. The maximum absolute atomic E-state index is 3.30. The van der Waals surface area contributed by atoms with E-state index in [-0.39, 0.29) is 5.41 Å². The molecule has 0 atom stereocenters. The van der Waals surface area contributed by atoms with Gasteiger partial charge in [-0.15, -0.1) is 0 Å². The molecule has 0 saturated carbocycles. The van der Waals surface area contributed by atoms with Gasteiger partial charge in [0.05, 0.1) is 0 Å². The van der Waals surface area contributed by atoms with E-state index in [1.807, 2.05) is 7.05 Å². The molecule has 1 N–H and O–H groups in total. The lowest BCUT2D eigenvalue weighted by Crippen LogP contribution is -2.30. The first kappa shape index (κ1) is 13.2. The van der Waals surface area contributed by atoms with Crippen molar-refractivity contribution in [2.24, 2.45) is 7.05 Å². The van der Waals surface area contributed by atoms with Gasteiger partial charge >= 0.3 is 0 Å². The SMILES string of the molecule is CNCC(C)(C)c1cn(C)c2cc(C)cc(C)c12. The van der Waals surface area contributed by atoms with E-state index in [4.69, 9.17) is 0 Å². The normalized spacial score (nSPS) is 12.3. The van der Waals surface area contributed by atoms with Crippen LogP contribution in [-0.2, 0) is 12.5 Å². The molecule has 0 spiro atoms. The number of fused-ring (bicyclic) bond motifs is 1. The van der Waals surface area contributed by atoms with Crippen LogP contribution in [-0.4, -0.2) is 18.2 Å². The summed E-state index contributed by atoms with van der Waals surface area (Å²) in [6, 6.07) is 4.56. The Balaban J connectivity index is 2.74. The van der Waals surface area contributed by atoms with Crippen molar-refractivity contribution in [2.45, 2.75) is 33.1 Å². The minimum Gasteiger partial charge on any atom is -0.350 e. The molecule has 1 aromatic carbocycles. The standard InChI is InChI=1S/C16H24N2/c1-11-7-12(2)15-13(16(3,4)10-17-5)9-18(6)14(15)8-11/h7-9,17H,10H2,1-6H3. The fraction of sp³-hybridized carbons (Fsp3) is 0.500. The molecule has 0 radical (unpaired) electrons. The molecule has 0 unspecified atom stereocenters. The number of hydrogen-bond donors (Lipinski definition) is 1. The third-order valence-electron chi connectivity index (χ3n) is 3.78. The lowest BCUT2D eigenvalue weighted by atomic mass is 9.83. The Labute approximate surface area is 110 Å². The predicted molar refractivity (Wildman–Crippen MR) is 79.3 cm³/mol. The summed E-state index contributed by atoms with van der Waals surface area (Å²) < 4.78 is 2.25. The van der Waals surface area contributed by atoms with Crippen LogP contribution in [0.1, 0.15) is 30.5 Å². The Morgan fingerprint density at radius 2 is 1.89 bits per heavy atom. The molecule has 0 fully saturated rings. The zero-order chi connectivity index (χ0) is 13.5. The van der Waals surface area contributed by atoms with Crippen LogP contribution in [0.15, 0.2) is 18.3 Å². The molecular formula is C16H24N2. The highest BCUT2D eigenvalue weighted by Gasteiger charge is 2.25. The first-order valence-electron chi connectivity index (χ1n) is 6.58. The van der Waals surface area contributed by atoms with Gasteiger partial charge in [-0.1, -0.05) is 19.9 Å². The Morgan fingerprint density at radius 3 is 2.50 bits per heavy atom. The van der Waals surface area contributed by atoms with Crippen LogP contribution >= 0.6 is 0 Å². The summed E-state index contributed by atoms with van der Waals surface area (Å²) in [7, 11) is 4.16. The van der Waals surface area contributed by atoms with Gasteiger partial charge in [0.25, 0.3) is 0 Å². The first-order chi connectivity index (χ1) is 8.36. The number of hydrogen-bond acceptors (Lipinski definition) is 1. The van der Waals surface area contributed by atoms with Crippen LogP contribution in [0.2, 0.25) is 0 Å². The van der Waals surface area contributed by atoms with Crippen LogP contribution in [0, 0.1) is 13.8 Å². The molecule has 98 valence electrons. The fourth-order valence-electron chi connectivity index (χ4n) is 2.95. The van der Waals surface area contributed by atoms with Crippen molar-refractivity contribution in [2.75, 3.05) is 13.6 Å². The number of benzene rings is 1. The van der Waals surface area contributed by atoms with Gasteiger partial charge in [-0.3, -0.25) is 0 Å². The maximum atomic E-state index is 3.30. The van der Waals surface area contributed by atoms with Crippen molar-refractivity contribution in [3.05, 3.63) is 35.0 Å². The molecule has 0 amide bonds. The Bertz CT molecular complexity index is 576. The van der Waals surface area contributed by atoms with Crippen LogP contribution in [0.3, 0.4) is 0 Å². The first-order valence-corrected chi connectivity index (χ1v) is 6.58. The van der Waals surface area contributed by atoms with Gasteiger partial charge in [0.2, 0.25) is 0 Å². The smallest absolute Gasteiger partial charge is 0.0486 e. The van der Waals surface area contributed by atoms with Crippen LogP contribution in [0.5, 0.6) is 0 Å². The quantitative estimate of drug-likeness (QED) is 0.876. The van der Waals surface area contributed by atoms with E-state index in [1.54, 1.807) is 0 Å². The van der Waals surface area contributed by atoms with E-state index in [9.17, 15) is 0 Å². The fourth-order valence-corrected chi connectivity index (χ4v) is 2.95. The van der Waals surface area contributed by atoms with E-state index >= 15 is 0 Å². The molecular weight excluding hydrogens is 220 g/mol. The summed E-state index contributed by atoms with van der Waals surface area (Å²) >= 11 is 0. The molecule has 0 aliphatic rings. The molecule has 2 heteroatoms. The molecule has 18 heavy (non-hydrogen) atoms. The van der Waals surface area contributed by atoms with Crippen molar-refractivity contribution in [1.29, 1.82) is 0 Å². The van der Waals surface area contributed by atoms with Crippen molar-refractivity contribution in [3.8, 4) is 0 Å². The number of aryl methyl sites for hydroxylation is 3. The predicted octanol–water partition coefficient (Wildman–Crippen LogP) is 3.29. The second-order valence-electron chi connectivity index (χ2n) is 6.04. The van der Waals surface area contributed by atoms with Crippen molar-refractivity contribution in [3.63, 3.8) is 0 Å². The van der Waals surface area contributed by atoms with Crippen molar-refractivity contribution >= 4 is 10.9 Å². The number of rotatable bonds is 3. The Kier molecular flexibility index (Phi) is 3.24. The van der Waals surface area contributed by atoms with Gasteiger partial charge < -0.3 is 9.88 Å². The molecule has 0 saturated heterocycles. The summed E-state index contributed by atoms with van der Waals surface area (Å²) in [6.07, 6.45) is 2.29. The third kappa shape index (κ3) is 2.05. The van der Waals surface area contributed by atoms with E-state index in [0.29, 0.717) is 0 Å². The Morgan fingerprint density at radius 1 is 1.22 bits per heavy atom. The lowest BCUT2D eigenvalue weighted by Gasteiger charge is -2.24. The lowest BCUT2D eigenvalue weighted by molar-refractivity contribution is 0.496. The van der Waals surface area contributed by atoms with Crippen LogP contribution in [0.4, 0.5) is 0 Å². The molecule has 2 rings (SSSR count). The van der Waals surface area contributed by atoms with Gasteiger partial charge in [-0.25, -0.2) is 0 Å². The second kappa shape index (κ2) is 4.43. The molecule has 0 aliphatic heterocycles. The van der Waals surface area contributed by atoms with Gasteiger partial charge in [-0.2, -0.15) is 0 Å². The van der Waals surface area contributed by atoms with Crippen molar-refractivity contribution in [1.82, 2.24) is 9.88 Å². The summed E-state index contributed by atoms with van der Waals surface area (Å²) in [5.41, 5.74) is 5.64. The van der Waals surface area contributed by atoms with E-state index < -0.39 is 0 Å². The van der Waals surface area contributed by atoms with E-state index in [0.717, 1.165) is 6.54 Å². The number of likely N-dealkylation sites (N-methyl/N-ethyl adjacent to an activating group) is 1. The monoisotopic (exact) mass is 244 g/mol. The average Bonchev–Trinajstić information content (AvgIpc) is 2.57. The van der Waals surface area contributed by atoms with Gasteiger partial charge in [0.15, 0.2) is 0 Å². The average molecular weight is 244 g/mol. The molecule has 0 bridgehead atoms. The van der Waals surface area contributed by atoms with Crippen LogP contribution in [0.25, 0.3) is 10.9 Å². The zero-order valence-corrected chi connectivity index (χ0v) is 12.4. The summed E-state index contributed by atoms with van der Waals surface area (Å²) in [4.78, 5) is 0. The summed E-state index contributed by atoms with van der Waals surface area (Å²) in [5.74, 6) is 0. The topological polar surface area (TPSA) is 17.0 Å². The van der Waals surface area contributed by atoms with E-state index in [2.05, 4.69) is 63.0 Å². The van der Waals surface area contributed by atoms with Gasteiger partial charge in [0, 0.05) is 36.1 Å². The highest BCUT2D eigenvalue weighted by Crippen LogP contribution is 2.34. The van der Waals surface area contributed by atoms with Crippen LogP contribution < -0.4 is 5.32 Å². The second-order valence-corrected chi connectivity index (χ2v) is 6.04. The third-order valence-corrected chi connectivity index (χ3v) is 3.78. The minimum atomic E-state index is 0.147. The Hall–Kier alpha value is -1.28. The highest BCUT2D eigenvalue weighted by molar-refractivity contribution is 5.88. The van der Waals surface area contributed by atoms with Gasteiger partial charge in [0.1, 0.15) is 0 Å². The molecule has 0 aliphatic carbocycles. The largest absolute Gasteiger partial charge is 0.350 e. The van der Waals surface area contributed by atoms with Gasteiger partial charge in [-0.05, 0) is 43.7 Å². The molecule has 2 nitrogen and oxygen atoms in total. The molecule has 2 aromatic rings. The highest BCUT2D eigenvalue weighted by atomic mass is 14.9. The number of nitrogens with one attached hydrogen (secondary N) is 1.